The number of carbonyl (C=O) groups is 1. The second kappa shape index (κ2) is 8.53. The molecule has 2 N–H and O–H groups in total. The van der Waals surface area contributed by atoms with Gasteiger partial charge in [0.05, 0.1) is 5.56 Å². The maximum Gasteiger partial charge on any atom is 0.416 e. The van der Waals surface area contributed by atoms with Crippen LogP contribution in [-0.2, 0) is 6.18 Å². The lowest BCUT2D eigenvalue weighted by Crippen LogP contribution is -2.26. The topological polar surface area (TPSA) is 50.4 Å². The van der Waals surface area contributed by atoms with Crippen LogP contribution in [0.25, 0.3) is 0 Å². The Hall–Kier alpha value is -2.54. The lowest BCUT2D eigenvalue weighted by molar-refractivity contribution is -0.137. The van der Waals surface area contributed by atoms with E-state index >= 15 is 0 Å². The van der Waals surface area contributed by atoms with Gasteiger partial charge in [-0.2, -0.15) is 13.2 Å². The van der Waals surface area contributed by atoms with Gasteiger partial charge in [-0.3, -0.25) is 4.79 Å². The molecule has 7 heteroatoms. The lowest BCUT2D eigenvalue weighted by atomic mass is 10.2. The largest absolute Gasteiger partial charge is 0.457 e. The van der Waals surface area contributed by atoms with Gasteiger partial charge in [0.1, 0.15) is 11.5 Å². The summed E-state index contributed by atoms with van der Waals surface area (Å²) in [6, 6.07) is 10.9. The number of carbonyl (C=O) groups excluding carboxylic acids is 1. The van der Waals surface area contributed by atoms with E-state index in [9.17, 15) is 18.0 Å². The summed E-state index contributed by atoms with van der Waals surface area (Å²) in [5.41, 5.74) is -0.405. The summed E-state index contributed by atoms with van der Waals surface area (Å²) in [4.78, 5) is 12.1. The first kappa shape index (κ1) is 18.8. The van der Waals surface area contributed by atoms with Crippen molar-refractivity contribution in [3.8, 4) is 11.5 Å². The van der Waals surface area contributed by atoms with Crippen molar-refractivity contribution in [2.45, 2.75) is 12.6 Å². The molecule has 134 valence electrons. The van der Waals surface area contributed by atoms with Crippen LogP contribution in [0.15, 0.2) is 48.5 Å². The molecule has 0 aliphatic heterocycles. The monoisotopic (exact) mass is 352 g/mol. The van der Waals surface area contributed by atoms with Gasteiger partial charge in [-0.25, -0.2) is 0 Å². The zero-order valence-corrected chi connectivity index (χ0v) is 13.7. The van der Waals surface area contributed by atoms with E-state index in [1.165, 1.54) is 18.2 Å². The Morgan fingerprint density at radius 3 is 2.40 bits per heavy atom. The van der Waals surface area contributed by atoms with Crippen molar-refractivity contribution in [3.05, 3.63) is 59.7 Å². The molecule has 0 atom stereocenters. The quantitative estimate of drug-likeness (QED) is 0.745. The summed E-state index contributed by atoms with van der Waals surface area (Å²) in [6.07, 6.45) is -3.64. The van der Waals surface area contributed by atoms with Crippen molar-refractivity contribution in [2.24, 2.45) is 0 Å². The number of halogens is 3. The smallest absolute Gasteiger partial charge is 0.416 e. The molecule has 4 nitrogen and oxygen atoms in total. The van der Waals surface area contributed by atoms with E-state index in [0.29, 0.717) is 17.9 Å². The van der Waals surface area contributed by atoms with Crippen LogP contribution in [0.3, 0.4) is 0 Å². The molecule has 0 saturated carbocycles. The molecule has 25 heavy (non-hydrogen) atoms. The zero-order valence-electron chi connectivity index (χ0n) is 13.7. The minimum atomic E-state index is -4.44. The van der Waals surface area contributed by atoms with E-state index < -0.39 is 11.7 Å². The molecule has 2 aromatic carbocycles. The SMILES string of the molecule is CNCCCNC(=O)c1cccc(Oc2cccc(C(F)(F)F)c2)c1. The summed E-state index contributed by atoms with van der Waals surface area (Å²) in [6.45, 7) is 1.32. The molecule has 0 saturated heterocycles. The van der Waals surface area contributed by atoms with Gasteiger partial charge >= 0.3 is 6.18 Å². The van der Waals surface area contributed by atoms with E-state index in [-0.39, 0.29) is 11.7 Å². The van der Waals surface area contributed by atoms with Crippen molar-refractivity contribution < 1.29 is 22.7 Å². The Balaban J connectivity index is 2.05. The van der Waals surface area contributed by atoms with Gasteiger partial charge in [0.25, 0.3) is 5.91 Å². The zero-order chi connectivity index (χ0) is 18.3. The Morgan fingerprint density at radius 2 is 1.72 bits per heavy atom. The molecule has 0 spiro atoms. The van der Waals surface area contributed by atoms with Crippen LogP contribution in [0.2, 0.25) is 0 Å². The van der Waals surface area contributed by atoms with E-state index in [1.807, 2.05) is 7.05 Å². The Bertz CT molecular complexity index is 717. The van der Waals surface area contributed by atoms with Crippen LogP contribution in [0.4, 0.5) is 13.2 Å². The standard InChI is InChI=1S/C18H19F3N2O2/c1-22-9-4-10-23-17(24)13-5-2-7-15(11-13)25-16-8-3-6-14(12-16)18(19,20)21/h2-3,5-8,11-12,22H,4,9-10H2,1H3,(H,23,24). The maximum atomic E-state index is 12.7. The third kappa shape index (κ3) is 5.79. The summed E-state index contributed by atoms with van der Waals surface area (Å²) < 4.78 is 43.7. The van der Waals surface area contributed by atoms with Crippen molar-refractivity contribution in [3.63, 3.8) is 0 Å². The number of amides is 1. The van der Waals surface area contributed by atoms with Crippen LogP contribution in [-0.4, -0.2) is 26.0 Å². The van der Waals surface area contributed by atoms with Crippen LogP contribution in [0.5, 0.6) is 11.5 Å². The van der Waals surface area contributed by atoms with Gasteiger partial charge in [-0.15, -0.1) is 0 Å². The summed E-state index contributed by atoms with van der Waals surface area (Å²) >= 11 is 0. The molecule has 2 aromatic rings. The Labute approximate surface area is 144 Å². The van der Waals surface area contributed by atoms with E-state index in [2.05, 4.69) is 10.6 Å². The van der Waals surface area contributed by atoms with E-state index in [1.54, 1.807) is 18.2 Å². The summed E-state index contributed by atoms with van der Waals surface area (Å²) in [7, 11) is 1.83. The van der Waals surface area contributed by atoms with Crippen molar-refractivity contribution in [1.82, 2.24) is 10.6 Å². The molecule has 0 aromatic heterocycles. The molecule has 0 bridgehead atoms. The van der Waals surface area contributed by atoms with Gasteiger partial charge in [0, 0.05) is 12.1 Å². The highest BCUT2D eigenvalue weighted by molar-refractivity contribution is 5.94. The molecule has 0 aliphatic rings. The molecule has 0 aliphatic carbocycles. The van der Waals surface area contributed by atoms with Crippen LogP contribution < -0.4 is 15.4 Å². The van der Waals surface area contributed by atoms with Gasteiger partial charge in [-0.05, 0) is 56.4 Å². The van der Waals surface area contributed by atoms with E-state index in [0.717, 1.165) is 25.1 Å². The number of ether oxygens (including phenoxy) is 1. The second-order valence-electron chi connectivity index (χ2n) is 5.37. The number of nitrogens with one attached hydrogen (secondary N) is 2. The molecule has 2 rings (SSSR count). The van der Waals surface area contributed by atoms with Gasteiger partial charge in [0.15, 0.2) is 0 Å². The van der Waals surface area contributed by atoms with Crippen molar-refractivity contribution in [2.75, 3.05) is 20.1 Å². The van der Waals surface area contributed by atoms with Crippen LogP contribution >= 0.6 is 0 Å². The van der Waals surface area contributed by atoms with Crippen molar-refractivity contribution >= 4 is 5.91 Å². The highest BCUT2D eigenvalue weighted by Crippen LogP contribution is 2.32. The maximum absolute atomic E-state index is 12.7. The van der Waals surface area contributed by atoms with Crippen LogP contribution in [0.1, 0.15) is 22.3 Å². The molecular weight excluding hydrogens is 333 g/mol. The molecular formula is C18H19F3N2O2. The highest BCUT2D eigenvalue weighted by atomic mass is 19.4. The number of hydrogen-bond acceptors (Lipinski definition) is 3. The van der Waals surface area contributed by atoms with Gasteiger partial charge in [-0.1, -0.05) is 12.1 Å². The van der Waals surface area contributed by atoms with Gasteiger partial charge < -0.3 is 15.4 Å². The molecule has 0 radical (unpaired) electrons. The third-order valence-corrected chi connectivity index (χ3v) is 3.38. The molecule has 1 amide bonds. The lowest BCUT2D eigenvalue weighted by Gasteiger charge is -2.11. The number of benzene rings is 2. The summed E-state index contributed by atoms with van der Waals surface area (Å²) in [5.74, 6) is 0.0918. The summed E-state index contributed by atoms with van der Waals surface area (Å²) in [5, 5.41) is 5.75. The first-order chi connectivity index (χ1) is 11.9. The predicted molar refractivity (Wildman–Crippen MR) is 88.8 cm³/mol. The Kier molecular flexibility index (Phi) is 6.41. The fourth-order valence-corrected chi connectivity index (χ4v) is 2.14. The fraction of sp³-hybridized carbons (Fsp3) is 0.278. The number of rotatable bonds is 7. The second-order valence-corrected chi connectivity index (χ2v) is 5.37. The first-order valence-electron chi connectivity index (χ1n) is 7.78. The minimum Gasteiger partial charge on any atom is -0.457 e. The van der Waals surface area contributed by atoms with Gasteiger partial charge in [0.2, 0.25) is 0 Å². The highest BCUT2D eigenvalue weighted by Gasteiger charge is 2.30. The molecule has 0 heterocycles. The molecule has 0 fully saturated rings. The fourth-order valence-electron chi connectivity index (χ4n) is 2.14. The minimum absolute atomic E-state index is 0.0569. The average molecular weight is 352 g/mol. The number of alkyl halides is 3. The van der Waals surface area contributed by atoms with E-state index in [4.69, 9.17) is 4.74 Å². The van der Waals surface area contributed by atoms with Crippen molar-refractivity contribution in [1.29, 1.82) is 0 Å². The number of hydrogen-bond donors (Lipinski definition) is 2. The first-order valence-corrected chi connectivity index (χ1v) is 7.78. The average Bonchev–Trinajstić information content (AvgIpc) is 2.58. The predicted octanol–water partition coefficient (Wildman–Crippen LogP) is 3.84. The third-order valence-electron chi connectivity index (χ3n) is 3.38. The normalized spacial score (nSPS) is 11.2. The Morgan fingerprint density at radius 1 is 1.04 bits per heavy atom. The van der Waals surface area contributed by atoms with Crippen LogP contribution in [0, 0.1) is 0 Å². The molecule has 0 unspecified atom stereocenters.